The average Bonchev–Trinajstić information content (AvgIpc) is 2.83. The second-order valence-corrected chi connectivity index (χ2v) is 6.78. The highest BCUT2D eigenvalue weighted by Gasteiger charge is 2.45. The third kappa shape index (κ3) is 2.71. The van der Waals surface area contributed by atoms with Gasteiger partial charge in [-0.2, -0.15) is 4.31 Å². The number of hydrogen-bond acceptors (Lipinski definition) is 5. The molecule has 1 unspecified atom stereocenters. The summed E-state index contributed by atoms with van der Waals surface area (Å²) in [6.45, 7) is -0.378. The fourth-order valence-electron chi connectivity index (χ4n) is 2.13. The van der Waals surface area contributed by atoms with Gasteiger partial charge in [-0.15, -0.1) is 0 Å². The van der Waals surface area contributed by atoms with Gasteiger partial charge in [0.2, 0.25) is 10.0 Å². The van der Waals surface area contributed by atoms with Crippen molar-refractivity contribution in [2.75, 3.05) is 20.2 Å². The summed E-state index contributed by atoms with van der Waals surface area (Å²) >= 11 is 0. The lowest BCUT2D eigenvalue weighted by Crippen LogP contribution is -2.50. The van der Waals surface area contributed by atoms with Crippen LogP contribution >= 0.6 is 0 Å². The van der Waals surface area contributed by atoms with Crippen LogP contribution in [0.5, 0.6) is 5.75 Å². The lowest BCUT2D eigenvalue weighted by molar-refractivity contribution is -0.142. The molecule has 1 saturated heterocycles. The first-order valence-electron chi connectivity index (χ1n) is 6.07. The first-order valence-corrected chi connectivity index (χ1v) is 7.51. The summed E-state index contributed by atoms with van der Waals surface area (Å²) in [5.41, 5.74) is 4.03. The lowest BCUT2D eigenvalue weighted by atomic mass is 10.0. The topological polar surface area (TPSA) is 110 Å². The van der Waals surface area contributed by atoms with Crippen molar-refractivity contribution in [1.29, 1.82) is 0 Å². The Morgan fingerprint density at radius 3 is 2.67 bits per heavy atom. The second-order valence-electron chi connectivity index (χ2n) is 4.85. The van der Waals surface area contributed by atoms with Crippen LogP contribution in [0.3, 0.4) is 0 Å². The number of benzene rings is 1. The number of halogens is 1. The zero-order chi connectivity index (χ0) is 15.8. The number of aliphatic carboxylic acids is 1. The van der Waals surface area contributed by atoms with E-state index in [1.165, 1.54) is 19.2 Å². The molecule has 0 aromatic heterocycles. The number of sulfonamides is 1. The monoisotopic (exact) mass is 318 g/mol. The standard InChI is InChI=1S/C12H15FN2O5S/c1-20-10-3-2-8(6-9(10)13)21(18,19)15-5-4-12(14,7-15)11(16)17/h2-3,6H,4-5,7,14H2,1H3,(H,16,17). The molecular weight excluding hydrogens is 303 g/mol. The van der Waals surface area contributed by atoms with Crippen LogP contribution in [-0.4, -0.2) is 49.5 Å². The van der Waals surface area contributed by atoms with Gasteiger partial charge in [-0.3, -0.25) is 4.79 Å². The molecule has 0 bridgehead atoms. The summed E-state index contributed by atoms with van der Waals surface area (Å²) in [7, 11) is -2.73. The summed E-state index contributed by atoms with van der Waals surface area (Å²) in [5, 5.41) is 9.02. The van der Waals surface area contributed by atoms with E-state index in [0.29, 0.717) is 0 Å². The highest BCUT2D eigenvalue weighted by atomic mass is 32.2. The third-order valence-corrected chi connectivity index (χ3v) is 5.29. The lowest BCUT2D eigenvalue weighted by Gasteiger charge is -2.20. The van der Waals surface area contributed by atoms with Gasteiger partial charge in [-0.05, 0) is 24.6 Å². The first-order chi connectivity index (χ1) is 9.70. The van der Waals surface area contributed by atoms with Crippen molar-refractivity contribution in [3.8, 4) is 5.75 Å². The number of nitrogens with two attached hydrogens (primary N) is 1. The van der Waals surface area contributed by atoms with Crippen LogP contribution < -0.4 is 10.5 Å². The van der Waals surface area contributed by atoms with Crippen molar-refractivity contribution in [3.63, 3.8) is 0 Å². The van der Waals surface area contributed by atoms with Crippen LogP contribution in [-0.2, 0) is 14.8 Å². The zero-order valence-corrected chi connectivity index (χ0v) is 12.1. The van der Waals surface area contributed by atoms with Gasteiger partial charge in [0, 0.05) is 13.1 Å². The van der Waals surface area contributed by atoms with E-state index in [9.17, 15) is 17.6 Å². The second kappa shape index (κ2) is 5.24. The number of hydrogen-bond donors (Lipinski definition) is 2. The smallest absolute Gasteiger partial charge is 0.325 e. The molecule has 1 aromatic carbocycles. The molecule has 0 radical (unpaired) electrons. The minimum Gasteiger partial charge on any atom is -0.494 e. The number of carbonyl (C=O) groups is 1. The largest absolute Gasteiger partial charge is 0.494 e. The summed E-state index contributed by atoms with van der Waals surface area (Å²) in [5.74, 6) is -2.15. The molecule has 1 aliphatic heterocycles. The Bertz CT molecular complexity index is 678. The molecule has 1 fully saturated rings. The van der Waals surface area contributed by atoms with Gasteiger partial charge in [-0.25, -0.2) is 12.8 Å². The van der Waals surface area contributed by atoms with Crippen molar-refractivity contribution >= 4 is 16.0 Å². The van der Waals surface area contributed by atoms with Crippen molar-refractivity contribution in [3.05, 3.63) is 24.0 Å². The van der Waals surface area contributed by atoms with Gasteiger partial charge in [0.25, 0.3) is 0 Å². The van der Waals surface area contributed by atoms with Crippen LogP contribution in [0.15, 0.2) is 23.1 Å². The van der Waals surface area contributed by atoms with Crippen LogP contribution in [0.2, 0.25) is 0 Å². The molecule has 2 rings (SSSR count). The average molecular weight is 318 g/mol. The zero-order valence-electron chi connectivity index (χ0n) is 11.2. The van der Waals surface area contributed by atoms with Crippen molar-refractivity contribution in [1.82, 2.24) is 4.31 Å². The summed E-state index contributed by atoms with van der Waals surface area (Å²) in [6.07, 6.45) is 0.000199. The molecule has 0 saturated carbocycles. The van der Waals surface area contributed by atoms with Gasteiger partial charge in [0.1, 0.15) is 5.54 Å². The Labute approximate surface area is 121 Å². The van der Waals surface area contributed by atoms with E-state index >= 15 is 0 Å². The summed E-state index contributed by atoms with van der Waals surface area (Å²) < 4.78 is 44.0. The van der Waals surface area contributed by atoms with Crippen molar-refractivity contribution in [2.45, 2.75) is 16.9 Å². The molecule has 9 heteroatoms. The third-order valence-electron chi connectivity index (χ3n) is 3.45. The summed E-state index contributed by atoms with van der Waals surface area (Å²) in [6, 6.07) is 3.24. The van der Waals surface area contributed by atoms with Gasteiger partial charge in [0.05, 0.1) is 12.0 Å². The van der Waals surface area contributed by atoms with Gasteiger partial charge >= 0.3 is 5.97 Å². The van der Waals surface area contributed by atoms with Gasteiger partial charge < -0.3 is 15.6 Å². The molecule has 1 aliphatic rings. The predicted molar refractivity (Wildman–Crippen MR) is 70.9 cm³/mol. The Balaban J connectivity index is 2.32. The van der Waals surface area contributed by atoms with E-state index in [0.717, 1.165) is 10.4 Å². The number of carboxylic acid groups (broad SMARTS) is 1. The van der Waals surface area contributed by atoms with E-state index in [1.54, 1.807) is 0 Å². The van der Waals surface area contributed by atoms with Crippen LogP contribution in [0.1, 0.15) is 6.42 Å². The number of rotatable bonds is 4. The van der Waals surface area contributed by atoms with E-state index in [2.05, 4.69) is 0 Å². The molecule has 3 N–H and O–H groups in total. The quantitative estimate of drug-likeness (QED) is 0.809. The van der Waals surface area contributed by atoms with Crippen LogP contribution in [0.25, 0.3) is 0 Å². The molecule has 0 amide bonds. The fraction of sp³-hybridized carbons (Fsp3) is 0.417. The Morgan fingerprint density at radius 1 is 1.52 bits per heavy atom. The minimum absolute atomic E-state index is 0.000199. The highest BCUT2D eigenvalue weighted by molar-refractivity contribution is 7.89. The molecule has 0 spiro atoms. The SMILES string of the molecule is COc1ccc(S(=O)(=O)N2CCC(N)(C(=O)O)C2)cc1F. The minimum atomic E-state index is -4.00. The fourth-order valence-corrected chi connectivity index (χ4v) is 3.66. The molecule has 116 valence electrons. The Hall–Kier alpha value is -1.71. The molecule has 1 atom stereocenters. The maximum absolute atomic E-state index is 13.6. The van der Waals surface area contributed by atoms with Crippen molar-refractivity contribution < 1.29 is 27.4 Å². The summed E-state index contributed by atoms with van der Waals surface area (Å²) in [4.78, 5) is 10.8. The van der Waals surface area contributed by atoms with Gasteiger partial charge in [-0.1, -0.05) is 0 Å². The molecule has 21 heavy (non-hydrogen) atoms. The number of nitrogens with zero attached hydrogens (tertiary/aromatic N) is 1. The highest BCUT2D eigenvalue weighted by Crippen LogP contribution is 2.28. The molecular formula is C12H15FN2O5S. The Morgan fingerprint density at radius 2 is 2.19 bits per heavy atom. The van der Waals surface area contributed by atoms with E-state index < -0.39 is 27.3 Å². The number of carboxylic acids is 1. The van der Waals surface area contributed by atoms with E-state index in [1.807, 2.05) is 0 Å². The molecule has 1 aromatic rings. The number of methoxy groups -OCH3 is 1. The molecule has 1 heterocycles. The number of ether oxygens (including phenoxy) is 1. The van der Waals surface area contributed by atoms with E-state index in [4.69, 9.17) is 15.6 Å². The molecule has 0 aliphatic carbocycles. The van der Waals surface area contributed by atoms with Crippen LogP contribution in [0.4, 0.5) is 4.39 Å². The van der Waals surface area contributed by atoms with Gasteiger partial charge in [0.15, 0.2) is 11.6 Å². The molecule has 7 nitrogen and oxygen atoms in total. The normalized spacial score (nSPS) is 23.2. The maximum Gasteiger partial charge on any atom is 0.325 e. The maximum atomic E-state index is 13.6. The van der Waals surface area contributed by atoms with E-state index in [-0.39, 0.29) is 30.2 Å². The predicted octanol–water partition coefficient (Wildman–Crippen LogP) is 0.0108. The van der Waals surface area contributed by atoms with Crippen molar-refractivity contribution in [2.24, 2.45) is 5.73 Å². The Kier molecular flexibility index (Phi) is 3.91. The first kappa shape index (κ1) is 15.7. The van der Waals surface area contributed by atoms with Crippen LogP contribution in [0, 0.1) is 5.82 Å².